The minimum Gasteiger partial charge on any atom is -0.378 e. The average molecular weight is 478 g/mol. The molecule has 0 aliphatic carbocycles. The molecule has 10 nitrogen and oxygen atoms in total. The Kier molecular flexibility index (Phi) is 6.49. The summed E-state index contributed by atoms with van der Waals surface area (Å²) in [6, 6.07) is 7.51. The zero-order valence-corrected chi connectivity index (χ0v) is 19.0. The van der Waals surface area contributed by atoms with Gasteiger partial charge in [-0.05, 0) is 17.7 Å². The molecule has 12 heteroatoms. The van der Waals surface area contributed by atoms with Crippen molar-refractivity contribution in [3.05, 3.63) is 34.9 Å². The van der Waals surface area contributed by atoms with Crippen LogP contribution in [0.5, 0.6) is 0 Å². The maximum atomic E-state index is 12.7. The van der Waals surface area contributed by atoms with E-state index in [0.29, 0.717) is 81.2 Å². The van der Waals surface area contributed by atoms with Crippen molar-refractivity contribution >= 4 is 47.1 Å². The number of carbonyl (C=O) groups is 1. The molecule has 32 heavy (non-hydrogen) atoms. The second kappa shape index (κ2) is 9.65. The summed E-state index contributed by atoms with van der Waals surface area (Å²) in [6.07, 6.45) is 0. The highest BCUT2D eigenvalue weighted by Crippen LogP contribution is 2.38. The third-order valence-electron chi connectivity index (χ3n) is 5.44. The molecule has 5 rings (SSSR count). The number of morpholine rings is 2. The Balaban J connectivity index is 1.44. The number of ether oxygens (including phenoxy) is 2. The molecule has 0 saturated carbocycles. The van der Waals surface area contributed by atoms with Crippen molar-refractivity contribution < 1.29 is 14.3 Å². The second-order valence-electron chi connectivity index (χ2n) is 7.55. The Hall–Kier alpha value is -2.34. The number of hydrazine groups is 1. The first kappa shape index (κ1) is 21.5. The molecule has 0 radical (unpaired) electrons. The molecule has 4 heterocycles. The van der Waals surface area contributed by atoms with Gasteiger partial charge in [0.15, 0.2) is 0 Å². The van der Waals surface area contributed by atoms with Crippen molar-refractivity contribution in [3.8, 4) is 0 Å². The fourth-order valence-corrected chi connectivity index (χ4v) is 4.97. The first-order valence-corrected chi connectivity index (χ1v) is 12.0. The molecule has 3 fully saturated rings. The number of hydrogen-bond acceptors (Lipinski definition) is 10. The third kappa shape index (κ3) is 4.70. The zero-order chi connectivity index (χ0) is 21.9. The number of anilines is 3. The number of hydrogen-bond donors (Lipinski definition) is 1. The number of benzene rings is 1. The van der Waals surface area contributed by atoms with Crippen LogP contribution in [0.3, 0.4) is 0 Å². The van der Waals surface area contributed by atoms with Crippen molar-refractivity contribution in [2.24, 2.45) is 0 Å². The molecular weight excluding hydrogens is 454 g/mol. The van der Waals surface area contributed by atoms with E-state index in [1.54, 1.807) is 16.8 Å². The van der Waals surface area contributed by atoms with Gasteiger partial charge in [-0.25, -0.2) is 5.01 Å². The highest BCUT2D eigenvalue weighted by Gasteiger charge is 2.34. The molecule has 2 aromatic rings. The van der Waals surface area contributed by atoms with E-state index in [0.717, 1.165) is 5.56 Å². The Morgan fingerprint density at radius 2 is 1.47 bits per heavy atom. The van der Waals surface area contributed by atoms with Gasteiger partial charge in [0.05, 0.1) is 32.2 Å². The molecule has 1 atom stereocenters. The monoisotopic (exact) mass is 477 g/mol. The van der Waals surface area contributed by atoms with Crippen LogP contribution in [0.4, 0.5) is 17.8 Å². The number of amides is 1. The molecule has 0 bridgehead atoms. The molecular formula is C20H24ClN7O3S. The Morgan fingerprint density at radius 1 is 0.906 bits per heavy atom. The second-order valence-corrected chi connectivity index (χ2v) is 9.05. The lowest BCUT2D eigenvalue weighted by Crippen LogP contribution is -2.41. The van der Waals surface area contributed by atoms with Gasteiger partial charge in [-0.3, -0.25) is 10.2 Å². The predicted molar refractivity (Wildman–Crippen MR) is 123 cm³/mol. The van der Waals surface area contributed by atoms with Gasteiger partial charge in [0.2, 0.25) is 17.8 Å². The van der Waals surface area contributed by atoms with E-state index in [1.807, 2.05) is 24.3 Å². The largest absolute Gasteiger partial charge is 0.378 e. The highest BCUT2D eigenvalue weighted by atomic mass is 35.5. The van der Waals surface area contributed by atoms with Gasteiger partial charge < -0.3 is 19.3 Å². The van der Waals surface area contributed by atoms with Gasteiger partial charge in [-0.15, -0.1) is 11.8 Å². The number of aromatic nitrogens is 3. The topological polar surface area (TPSA) is 96.0 Å². The summed E-state index contributed by atoms with van der Waals surface area (Å²) in [7, 11) is 0. The van der Waals surface area contributed by atoms with Gasteiger partial charge in [-0.2, -0.15) is 15.0 Å². The van der Waals surface area contributed by atoms with Crippen LogP contribution in [0, 0.1) is 0 Å². The van der Waals surface area contributed by atoms with Gasteiger partial charge in [0.1, 0.15) is 5.37 Å². The van der Waals surface area contributed by atoms with Crippen LogP contribution in [0.25, 0.3) is 0 Å². The molecule has 3 aliphatic rings. The van der Waals surface area contributed by atoms with Crippen LogP contribution in [0.1, 0.15) is 10.9 Å². The predicted octanol–water partition coefficient (Wildman–Crippen LogP) is 1.80. The summed E-state index contributed by atoms with van der Waals surface area (Å²) in [6.45, 7) is 5.33. The number of thioether (sulfide) groups is 1. The molecule has 1 aromatic heterocycles. The lowest BCUT2D eigenvalue weighted by Gasteiger charge is -2.31. The number of rotatable bonds is 5. The van der Waals surface area contributed by atoms with Gasteiger partial charge in [-0.1, -0.05) is 23.7 Å². The SMILES string of the molecule is O=C1CS[C@@H](c2ccc(Cl)cc2)N1Nc1nc(N2CCOCC2)nc(N2CCOCC2)n1. The van der Waals surface area contributed by atoms with E-state index in [2.05, 4.69) is 25.2 Å². The van der Waals surface area contributed by atoms with Gasteiger partial charge in [0, 0.05) is 31.2 Å². The molecule has 3 aliphatic heterocycles. The van der Waals surface area contributed by atoms with Crippen molar-refractivity contribution in [1.82, 2.24) is 20.0 Å². The fraction of sp³-hybridized carbons (Fsp3) is 0.500. The minimum atomic E-state index is -0.199. The molecule has 0 unspecified atom stereocenters. The van der Waals surface area contributed by atoms with Crippen molar-refractivity contribution in [1.29, 1.82) is 0 Å². The normalized spacial score (nSPS) is 21.8. The number of nitrogens with one attached hydrogen (secondary N) is 1. The summed E-state index contributed by atoms with van der Waals surface area (Å²) >= 11 is 7.59. The van der Waals surface area contributed by atoms with E-state index in [1.165, 1.54) is 0 Å². The summed E-state index contributed by atoms with van der Waals surface area (Å²) in [5.74, 6) is 1.84. The van der Waals surface area contributed by atoms with Crippen molar-refractivity contribution in [2.45, 2.75) is 5.37 Å². The summed E-state index contributed by atoms with van der Waals surface area (Å²) in [5.41, 5.74) is 4.14. The summed E-state index contributed by atoms with van der Waals surface area (Å²) < 4.78 is 10.9. The highest BCUT2D eigenvalue weighted by molar-refractivity contribution is 8.00. The van der Waals surface area contributed by atoms with Gasteiger partial charge >= 0.3 is 0 Å². The molecule has 170 valence electrons. The minimum absolute atomic E-state index is 0.0313. The summed E-state index contributed by atoms with van der Waals surface area (Å²) in [5, 5.41) is 2.05. The molecule has 0 spiro atoms. The van der Waals surface area contributed by atoms with E-state index in [9.17, 15) is 4.79 Å². The van der Waals surface area contributed by atoms with Crippen LogP contribution < -0.4 is 15.2 Å². The van der Waals surface area contributed by atoms with Crippen molar-refractivity contribution in [2.75, 3.05) is 73.6 Å². The molecule has 3 saturated heterocycles. The first-order chi connectivity index (χ1) is 15.7. The average Bonchev–Trinajstić information content (AvgIpc) is 3.20. The third-order valence-corrected chi connectivity index (χ3v) is 6.91. The quantitative estimate of drug-likeness (QED) is 0.686. The fourth-order valence-electron chi connectivity index (χ4n) is 3.74. The number of halogens is 1. The maximum absolute atomic E-state index is 12.7. The molecule has 1 aromatic carbocycles. The number of carbonyl (C=O) groups excluding carboxylic acids is 1. The molecule has 1 N–H and O–H groups in total. The lowest BCUT2D eigenvalue weighted by atomic mass is 10.2. The summed E-state index contributed by atoms with van der Waals surface area (Å²) in [4.78, 5) is 30.9. The Labute approximate surface area is 195 Å². The van der Waals surface area contributed by atoms with E-state index in [4.69, 9.17) is 26.1 Å². The standard InChI is InChI=1S/C20H24ClN7O3S/c21-15-3-1-14(2-4-15)17-28(16(29)13-32-17)25-18-22-19(26-5-9-30-10-6-26)24-20(23-18)27-7-11-31-12-8-27/h1-4,17H,5-13H2,(H,22,23,24,25)/t17-/m0/s1. The number of nitrogens with zero attached hydrogens (tertiary/aromatic N) is 6. The lowest BCUT2D eigenvalue weighted by molar-refractivity contribution is -0.126. The smallest absolute Gasteiger partial charge is 0.252 e. The zero-order valence-electron chi connectivity index (χ0n) is 17.4. The van der Waals surface area contributed by atoms with E-state index < -0.39 is 0 Å². The van der Waals surface area contributed by atoms with E-state index >= 15 is 0 Å². The van der Waals surface area contributed by atoms with Gasteiger partial charge in [0.25, 0.3) is 5.91 Å². The van der Waals surface area contributed by atoms with Crippen LogP contribution in [-0.2, 0) is 14.3 Å². The van der Waals surface area contributed by atoms with Crippen LogP contribution in [0.15, 0.2) is 24.3 Å². The Bertz CT molecular complexity index is 918. The van der Waals surface area contributed by atoms with Crippen molar-refractivity contribution in [3.63, 3.8) is 0 Å². The maximum Gasteiger partial charge on any atom is 0.252 e. The van der Waals surface area contributed by atoms with Crippen LogP contribution in [0.2, 0.25) is 5.02 Å². The van der Waals surface area contributed by atoms with E-state index in [-0.39, 0.29) is 11.3 Å². The first-order valence-electron chi connectivity index (χ1n) is 10.5. The van der Waals surface area contributed by atoms with Crippen LogP contribution in [-0.4, -0.2) is 84.2 Å². The van der Waals surface area contributed by atoms with Crippen LogP contribution >= 0.6 is 23.4 Å². The molecule has 1 amide bonds. The Morgan fingerprint density at radius 3 is 2.03 bits per heavy atom.